The highest BCUT2D eigenvalue weighted by molar-refractivity contribution is 7.27. The molecule has 7 heteroatoms. The number of furan rings is 1. The number of rotatable bonds is 4. The molecule has 6 aromatic carbocycles. The maximum absolute atomic E-state index is 6.24. The lowest BCUT2D eigenvalue weighted by Gasteiger charge is -2.10. The van der Waals surface area contributed by atoms with E-state index in [0.717, 1.165) is 64.8 Å². The van der Waals surface area contributed by atoms with E-state index in [1.807, 2.05) is 84.9 Å². The molecule has 220 valence electrons. The highest BCUT2D eigenvalue weighted by atomic mass is 32.1. The summed E-state index contributed by atoms with van der Waals surface area (Å²) in [5.41, 5.74) is 6.46. The lowest BCUT2D eigenvalue weighted by Crippen LogP contribution is -2.01. The van der Waals surface area contributed by atoms with Gasteiger partial charge in [-0.25, -0.2) is 19.9 Å². The van der Waals surface area contributed by atoms with Gasteiger partial charge < -0.3 is 4.42 Å². The highest BCUT2D eigenvalue weighted by Crippen LogP contribution is 2.47. The third kappa shape index (κ3) is 4.21. The van der Waals surface area contributed by atoms with Crippen molar-refractivity contribution < 1.29 is 4.42 Å². The Hall–Kier alpha value is -5.76. The zero-order chi connectivity index (χ0) is 30.9. The van der Waals surface area contributed by atoms with E-state index in [9.17, 15) is 0 Å². The van der Waals surface area contributed by atoms with Crippen LogP contribution in [-0.4, -0.2) is 19.9 Å². The summed E-state index contributed by atoms with van der Waals surface area (Å²) >= 11 is 3.48. The largest absolute Gasteiger partial charge is 0.456 e. The lowest BCUT2D eigenvalue weighted by atomic mass is 10.0. The van der Waals surface area contributed by atoms with Crippen molar-refractivity contribution in [2.24, 2.45) is 0 Å². The molecule has 0 amide bonds. The highest BCUT2D eigenvalue weighted by Gasteiger charge is 2.24. The van der Waals surface area contributed by atoms with Crippen molar-refractivity contribution in [3.8, 4) is 44.7 Å². The summed E-state index contributed by atoms with van der Waals surface area (Å²) < 4.78 is 9.73. The second-order valence-electron chi connectivity index (χ2n) is 11.4. The van der Waals surface area contributed by atoms with Gasteiger partial charge in [-0.05, 0) is 24.3 Å². The normalized spacial score (nSPS) is 11.8. The average molecular weight is 639 g/mol. The molecule has 47 heavy (non-hydrogen) atoms. The zero-order valence-electron chi connectivity index (χ0n) is 24.7. The van der Waals surface area contributed by atoms with E-state index < -0.39 is 0 Å². The Morgan fingerprint density at radius 2 is 1.09 bits per heavy atom. The summed E-state index contributed by atoms with van der Waals surface area (Å²) in [6.07, 6.45) is 0. The number of para-hydroxylation sites is 1. The van der Waals surface area contributed by atoms with Crippen molar-refractivity contribution in [3.63, 3.8) is 0 Å². The van der Waals surface area contributed by atoms with E-state index in [-0.39, 0.29) is 0 Å². The SMILES string of the molecule is c1ccc(-c2nc(-c3ccccc3)nc(-c3c4nc(-c5cccc6oc7ccccc7c56)sc4cc4sc5ccccc5c34)n2)cc1. The van der Waals surface area contributed by atoms with Gasteiger partial charge in [-0.3, -0.25) is 0 Å². The van der Waals surface area contributed by atoms with Crippen LogP contribution in [0.15, 0.2) is 138 Å². The van der Waals surface area contributed by atoms with Crippen molar-refractivity contribution in [3.05, 3.63) is 133 Å². The van der Waals surface area contributed by atoms with Gasteiger partial charge in [0.2, 0.25) is 0 Å². The first-order chi connectivity index (χ1) is 23.3. The van der Waals surface area contributed by atoms with Gasteiger partial charge in [0.05, 0.1) is 15.8 Å². The van der Waals surface area contributed by atoms with Crippen molar-refractivity contribution in [1.82, 2.24) is 19.9 Å². The number of fused-ring (bicyclic) bond motifs is 7. The van der Waals surface area contributed by atoms with Crippen molar-refractivity contribution in [2.75, 3.05) is 0 Å². The fraction of sp³-hybridized carbons (Fsp3) is 0. The van der Waals surface area contributed by atoms with Gasteiger partial charge >= 0.3 is 0 Å². The molecule has 10 rings (SSSR count). The molecule has 0 N–H and O–H groups in total. The van der Waals surface area contributed by atoms with Crippen molar-refractivity contribution >= 4 is 75.0 Å². The van der Waals surface area contributed by atoms with Crippen LogP contribution < -0.4 is 0 Å². The maximum atomic E-state index is 6.24. The van der Waals surface area contributed by atoms with E-state index in [1.54, 1.807) is 22.7 Å². The van der Waals surface area contributed by atoms with Gasteiger partial charge in [0.15, 0.2) is 17.5 Å². The van der Waals surface area contributed by atoms with Crippen molar-refractivity contribution in [1.29, 1.82) is 0 Å². The Labute approximate surface area is 276 Å². The minimum absolute atomic E-state index is 0.612. The molecule has 0 aliphatic carbocycles. The number of aromatic nitrogens is 4. The van der Waals surface area contributed by atoms with Crippen LogP contribution >= 0.6 is 22.7 Å². The third-order valence-electron chi connectivity index (χ3n) is 8.58. The number of benzene rings is 6. The first-order valence-corrected chi connectivity index (χ1v) is 16.9. The zero-order valence-corrected chi connectivity index (χ0v) is 26.3. The summed E-state index contributed by atoms with van der Waals surface area (Å²) in [6.45, 7) is 0. The van der Waals surface area contributed by atoms with Crippen LogP contribution in [0, 0.1) is 0 Å². The predicted molar refractivity (Wildman–Crippen MR) is 195 cm³/mol. The summed E-state index contributed by atoms with van der Waals surface area (Å²) in [5.74, 6) is 1.87. The molecule has 0 fully saturated rings. The van der Waals surface area contributed by atoms with Gasteiger partial charge in [0, 0.05) is 47.6 Å². The van der Waals surface area contributed by atoms with Gasteiger partial charge in [0.1, 0.15) is 16.2 Å². The molecule has 0 aliphatic heterocycles. The molecule has 0 bridgehead atoms. The van der Waals surface area contributed by atoms with E-state index in [0.29, 0.717) is 17.5 Å². The Bertz CT molecular complexity index is 2740. The molecule has 0 aliphatic rings. The second-order valence-corrected chi connectivity index (χ2v) is 13.5. The summed E-state index contributed by atoms with van der Waals surface area (Å²) in [4.78, 5) is 20.8. The van der Waals surface area contributed by atoms with Gasteiger partial charge in [-0.15, -0.1) is 22.7 Å². The van der Waals surface area contributed by atoms with Gasteiger partial charge in [-0.1, -0.05) is 109 Å². The topological polar surface area (TPSA) is 64.7 Å². The maximum Gasteiger partial charge on any atom is 0.167 e. The standard InChI is InChI=1S/C40H22N4OS2/c1-3-12-23(13-4-1)37-42-38(24-14-5-2-6-15-24)44-39(43-37)35-34-26-17-8-10-21-30(26)46-31(34)22-32-36(35)41-40(47-32)27-18-11-20-29-33(27)25-16-7-9-19-28(25)45-29/h1-22H. The molecule has 10 aromatic rings. The minimum atomic E-state index is 0.612. The Balaban J connectivity index is 1.31. The third-order valence-corrected chi connectivity index (χ3v) is 10.7. The molecule has 0 radical (unpaired) electrons. The second kappa shape index (κ2) is 10.4. The first kappa shape index (κ1) is 26.5. The molecule has 0 saturated heterocycles. The quantitative estimate of drug-likeness (QED) is 0.192. The van der Waals surface area contributed by atoms with Crippen LogP contribution in [0.3, 0.4) is 0 Å². The van der Waals surface area contributed by atoms with E-state index in [1.165, 1.54) is 14.8 Å². The number of hydrogen-bond donors (Lipinski definition) is 0. The van der Waals surface area contributed by atoms with Crippen LogP contribution in [0.25, 0.3) is 97.1 Å². The minimum Gasteiger partial charge on any atom is -0.456 e. The number of thiophene rings is 1. The van der Waals surface area contributed by atoms with Crippen LogP contribution in [-0.2, 0) is 0 Å². The summed E-state index contributed by atoms with van der Waals surface area (Å²) in [5, 5.41) is 5.38. The fourth-order valence-electron chi connectivity index (χ4n) is 6.48. The van der Waals surface area contributed by atoms with Crippen LogP contribution in [0.2, 0.25) is 0 Å². The number of nitrogens with zero attached hydrogens (tertiary/aromatic N) is 4. The molecule has 0 unspecified atom stereocenters. The number of thiazole rings is 1. The monoisotopic (exact) mass is 638 g/mol. The van der Waals surface area contributed by atoms with Crippen LogP contribution in [0.4, 0.5) is 0 Å². The molecule has 4 aromatic heterocycles. The van der Waals surface area contributed by atoms with Gasteiger partial charge in [0.25, 0.3) is 0 Å². The summed E-state index contributed by atoms with van der Waals surface area (Å²) in [6, 6.07) is 45.5. The Morgan fingerprint density at radius 3 is 1.85 bits per heavy atom. The van der Waals surface area contributed by atoms with Crippen LogP contribution in [0.5, 0.6) is 0 Å². The molecule has 0 atom stereocenters. The smallest absolute Gasteiger partial charge is 0.167 e. The fourth-order valence-corrected chi connectivity index (χ4v) is 8.75. The molecule has 4 heterocycles. The number of hydrogen-bond acceptors (Lipinski definition) is 7. The van der Waals surface area contributed by atoms with E-state index in [4.69, 9.17) is 24.4 Å². The van der Waals surface area contributed by atoms with Gasteiger partial charge in [-0.2, -0.15) is 0 Å². The Kier molecular flexibility index (Phi) is 5.85. The molecule has 0 spiro atoms. The van der Waals surface area contributed by atoms with Crippen LogP contribution in [0.1, 0.15) is 0 Å². The van der Waals surface area contributed by atoms with E-state index in [2.05, 4.69) is 48.5 Å². The summed E-state index contributed by atoms with van der Waals surface area (Å²) in [7, 11) is 0. The first-order valence-electron chi connectivity index (χ1n) is 15.3. The molecule has 5 nitrogen and oxygen atoms in total. The van der Waals surface area contributed by atoms with E-state index >= 15 is 0 Å². The average Bonchev–Trinajstić information content (AvgIpc) is 3.84. The predicted octanol–water partition coefficient (Wildman–Crippen LogP) is 11.4. The molecular weight excluding hydrogens is 617 g/mol. The molecule has 0 saturated carbocycles. The van der Waals surface area contributed by atoms with Crippen molar-refractivity contribution in [2.45, 2.75) is 0 Å². The molecular formula is C40H22N4OS2. The Morgan fingerprint density at radius 1 is 0.447 bits per heavy atom. The lowest BCUT2D eigenvalue weighted by molar-refractivity contribution is 0.669.